The lowest BCUT2D eigenvalue weighted by atomic mass is 10.2. The van der Waals surface area contributed by atoms with E-state index in [4.69, 9.17) is 28.6 Å². The number of para-hydroxylation sites is 1. The van der Waals surface area contributed by atoms with E-state index in [9.17, 15) is 4.79 Å². The van der Waals surface area contributed by atoms with Crippen LogP contribution in [-0.2, 0) is 0 Å². The molecule has 2 aromatic carbocycles. The monoisotopic (exact) mass is 390 g/mol. The van der Waals surface area contributed by atoms with Crippen molar-refractivity contribution in [1.82, 2.24) is 5.32 Å². The van der Waals surface area contributed by atoms with Crippen molar-refractivity contribution in [1.29, 1.82) is 0 Å². The topological polar surface area (TPSA) is 50.4 Å². The van der Waals surface area contributed by atoms with Gasteiger partial charge in [-0.1, -0.05) is 49.6 Å². The van der Waals surface area contributed by atoms with Gasteiger partial charge in [0.2, 0.25) is 0 Å². The van der Waals surface area contributed by atoms with E-state index in [1.165, 1.54) is 0 Å². The second-order valence-electron chi connectivity index (χ2n) is 5.92. The van der Waals surface area contributed by atoms with Gasteiger partial charge in [0.25, 0.3) is 5.91 Å². The van der Waals surface area contributed by atoms with Crippen LogP contribution in [0.15, 0.2) is 42.5 Å². The number of thiocarbonyl (C=S) groups is 1. The first kappa shape index (κ1) is 20.2. The van der Waals surface area contributed by atoms with Crippen molar-refractivity contribution in [3.05, 3.63) is 58.6 Å². The molecule has 0 atom stereocenters. The normalized spacial score (nSPS) is 10.3. The first-order valence-corrected chi connectivity index (χ1v) is 9.40. The lowest BCUT2D eigenvalue weighted by Gasteiger charge is -2.13. The van der Waals surface area contributed by atoms with E-state index in [1.54, 1.807) is 24.3 Å². The number of ether oxygens (including phenoxy) is 1. The van der Waals surface area contributed by atoms with Gasteiger partial charge in [-0.2, -0.15) is 0 Å². The van der Waals surface area contributed by atoms with Crippen LogP contribution in [0.1, 0.15) is 42.1 Å². The van der Waals surface area contributed by atoms with Crippen LogP contribution in [-0.4, -0.2) is 17.6 Å². The third-order valence-electron chi connectivity index (χ3n) is 3.79. The maximum atomic E-state index is 12.5. The maximum absolute atomic E-state index is 12.5. The van der Waals surface area contributed by atoms with Gasteiger partial charge in [-0.25, -0.2) is 0 Å². The standard InChI is InChI=1S/C20H23ClN2O2S/c1-3-4-7-12-25-18-9-6-5-8-16(18)19(24)23-20(26)22-15-11-10-14(2)17(21)13-15/h5-6,8-11,13H,3-4,7,12H2,1-2H3,(H2,22,23,24,26). The largest absolute Gasteiger partial charge is 0.493 e. The SMILES string of the molecule is CCCCCOc1ccccc1C(=O)NC(=S)Nc1ccc(C)c(Cl)c1. The predicted octanol–water partition coefficient (Wildman–Crippen LogP) is 5.34. The Kier molecular flexibility index (Phi) is 7.88. The summed E-state index contributed by atoms with van der Waals surface area (Å²) in [6.07, 6.45) is 3.18. The molecule has 2 aromatic rings. The number of rotatable bonds is 7. The number of unbranched alkanes of at least 4 members (excludes halogenated alkanes) is 2. The molecular formula is C20H23ClN2O2S. The van der Waals surface area contributed by atoms with Crippen molar-refractivity contribution in [2.24, 2.45) is 0 Å². The smallest absolute Gasteiger partial charge is 0.261 e. The zero-order chi connectivity index (χ0) is 18.9. The lowest BCUT2D eigenvalue weighted by Crippen LogP contribution is -2.34. The number of hydrogen-bond donors (Lipinski definition) is 2. The zero-order valence-corrected chi connectivity index (χ0v) is 16.5. The van der Waals surface area contributed by atoms with E-state index in [0.717, 1.165) is 30.5 Å². The average molecular weight is 391 g/mol. The van der Waals surface area contributed by atoms with E-state index < -0.39 is 0 Å². The first-order valence-electron chi connectivity index (χ1n) is 8.61. The number of aryl methyl sites for hydroxylation is 1. The molecule has 0 fully saturated rings. The Hall–Kier alpha value is -2.11. The molecule has 0 saturated heterocycles. The number of amides is 1. The summed E-state index contributed by atoms with van der Waals surface area (Å²) in [5.74, 6) is 0.245. The molecule has 6 heteroatoms. The van der Waals surface area contributed by atoms with Crippen molar-refractivity contribution >= 4 is 40.5 Å². The van der Waals surface area contributed by atoms with Crippen LogP contribution in [0.2, 0.25) is 5.02 Å². The van der Waals surface area contributed by atoms with Crippen molar-refractivity contribution < 1.29 is 9.53 Å². The van der Waals surface area contributed by atoms with Crippen LogP contribution in [0.5, 0.6) is 5.75 Å². The summed E-state index contributed by atoms with van der Waals surface area (Å²) in [6, 6.07) is 12.6. The number of benzene rings is 2. The molecule has 0 aliphatic carbocycles. The maximum Gasteiger partial charge on any atom is 0.261 e. The van der Waals surface area contributed by atoms with Crippen molar-refractivity contribution in [2.45, 2.75) is 33.1 Å². The van der Waals surface area contributed by atoms with E-state index in [1.807, 2.05) is 25.1 Å². The minimum atomic E-state index is -0.313. The average Bonchev–Trinajstić information content (AvgIpc) is 2.62. The Morgan fingerprint density at radius 3 is 2.69 bits per heavy atom. The molecule has 0 aromatic heterocycles. The van der Waals surface area contributed by atoms with E-state index in [-0.39, 0.29) is 11.0 Å². The van der Waals surface area contributed by atoms with Gasteiger partial charge in [-0.3, -0.25) is 10.1 Å². The highest BCUT2D eigenvalue weighted by atomic mass is 35.5. The molecule has 0 heterocycles. The summed E-state index contributed by atoms with van der Waals surface area (Å²) < 4.78 is 5.75. The van der Waals surface area contributed by atoms with Gasteiger partial charge >= 0.3 is 0 Å². The second-order valence-corrected chi connectivity index (χ2v) is 6.74. The Morgan fingerprint density at radius 1 is 1.19 bits per heavy atom. The number of nitrogens with one attached hydrogen (secondary N) is 2. The molecule has 0 unspecified atom stereocenters. The number of carbonyl (C=O) groups is 1. The third-order valence-corrected chi connectivity index (χ3v) is 4.41. The molecule has 0 spiro atoms. The summed E-state index contributed by atoms with van der Waals surface area (Å²) in [4.78, 5) is 12.5. The van der Waals surface area contributed by atoms with Gasteiger partial charge in [0, 0.05) is 10.7 Å². The van der Waals surface area contributed by atoms with Crippen LogP contribution in [0.4, 0.5) is 5.69 Å². The third kappa shape index (κ3) is 6.00. The number of anilines is 1. The Labute approximate surface area is 164 Å². The number of carbonyl (C=O) groups excluding carboxylic acids is 1. The zero-order valence-electron chi connectivity index (χ0n) is 15.0. The van der Waals surface area contributed by atoms with E-state index in [2.05, 4.69) is 17.6 Å². The van der Waals surface area contributed by atoms with E-state index >= 15 is 0 Å². The molecule has 2 rings (SSSR count). The molecule has 0 aliphatic rings. The summed E-state index contributed by atoms with van der Waals surface area (Å²) >= 11 is 11.3. The minimum Gasteiger partial charge on any atom is -0.493 e. The summed E-state index contributed by atoms with van der Waals surface area (Å²) in [7, 11) is 0. The Morgan fingerprint density at radius 2 is 1.96 bits per heavy atom. The highest BCUT2D eigenvalue weighted by Gasteiger charge is 2.13. The fourth-order valence-electron chi connectivity index (χ4n) is 2.32. The summed E-state index contributed by atoms with van der Waals surface area (Å²) in [5, 5.41) is 6.48. The fourth-order valence-corrected chi connectivity index (χ4v) is 2.71. The highest BCUT2D eigenvalue weighted by molar-refractivity contribution is 7.80. The lowest BCUT2D eigenvalue weighted by molar-refractivity contribution is 0.0973. The molecule has 0 radical (unpaired) electrons. The minimum absolute atomic E-state index is 0.204. The van der Waals surface area contributed by atoms with Crippen LogP contribution >= 0.6 is 23.8 Å². The molecular weight excluding hydrogens is 368 g/mol. The number of hydrogen-bond acceptors (Lipinski definition) is 3. The quantitative estimate of drug-likeness (QED) is 0.494. The van der Waals surface area contributed by atoms with Gasteiger partial charge in [-0.05, 0) is 55.4 Å². The van der Waals surface area contributed by atoms with Gasteiger partial charge in [0.05, 0.1) is 12.2 Å². The second kappa shape index (κ2) is 10.1. The van der Waals surface area contributed by atoms with Gasteiger partial charge in [-0.15, -0.1) is 0 Å². The summed E-state index contributed by atoms with van der Waals surface area (Å²) in [5.41, 5.74) is 2.14. The van der Waals surface area contributed by atoms with E-state index in [0.29, 0.717) is 22.9 Å². The summed E-state index contributed by atoms with van der Waals surface area (Å²) in [6.45, 7) is 4.64. The molecule has 0 aliphatic heterocycles. The van der Waals surface area contributed by atoms with Gasteiger partial charge in [0.15, 0.2) is 5.11 Å². The van der Waals surface area contributed by atoms with Crippen LogP contribution < -0.4 is 15.4 Å². The fraction of sp³-hybridized carbons (Fsp3) is 0.300. The molecule has 0 bridgehead atoms. The van der Waals surface area contributed by atoms with Crippen LogP contribution in [0, 0.1) is 6.92 Å². The van der Waals surface area contributed by atoms with Gasteiger partial charge < -0.3 is 10.1 Å². The molecule has 138 valence electrons. The molecule has 1 amide bonds. The highest BCUT2D eigenvalue weighted by Crippen LogP contribution is 2.20. The molecule has 0 saturated carbocycles. The van der Waals surface area contributed by atoms with Crippen LogP contribution in [0.3, 0.4) is 0 Å². The van der Waals surface area contributed by atoms with Gasteiger partial charge in [0.1, 0.15) is 5.75 Å². The van der Waals surface area contributed by atoms with Crippen molar-refractivity contribution in [3.8, 4) is 5.75 Å². The predicted molar refractivity (Wildman–Crippen MR) is 111 cm³/mol. The van der Waals surface area contributed by atoms with Crippen LogP contribution in [0.25, 0.3) is 0 Å². The molecule has 26 heavy (non-hydrogen) atoms. The Bertz CT molecular complexity index is 780. The molecule has 2 N–H and O–H groups in total. The van der Waals surface area contributed by atoms with Crippen molar-refractivity contribution in [2.75, 3.05) is 11.9 Å². The number of halogens is 1. The molecule has 4 nitrogen and oxygen atoms in total. The van der Waals surface area contributed by atoms with Crippen molar-refractivity contribution in [3.63, 3.8) is 0 Å². The first-order chi connectivity index (χ1) is 12.5. The Balaban J connectivity index is 1.98.